The van der Waals surface area contributed by atoms with E-state index in [0.717, 1.165) is 55.3 Å². The third-order valence-corrected chi connectivity index (χ3v) is 5.91. The van der Waals surface area contributed by atoms with E-state index < -0.39 is 11.6 Å². The molecule has 4 nitrogen and oxygen atoms in total. The molecule has 1 N–H and O–H groups in total. The molecule has 0 atom stereocenters. The van der Waals surface area contributed by atoms with Crippen LogP contribution in [0.15, 0.2) is 72.8 Å². The number of hydrogen-bond acceptors (Lipinski definition) is 3. The Kier molecular flexibility index (Phi) is 7.68. The van der Waals surface area contributed by atoms with Crippen LogP contribution in [0.4, 0.5) is 8.78 Å². The topological polar surface area (TPSA) is 41.6 Å². The maximum atomic E-state index is 13.4. The van der Waals surface area contributed by atoms with Gasteiger partial charge in [0.15, 0.2) is 18.2 Å². The second-order valence-corrected chi connectivity index (χ2v) is 8.43. The Balaban J connectivity index is 1.22. The number of ether oxygens (including phenoxy) is 1. The Morgan fingerprint density at radius 1 is 0.909 bits per heavy atom. The van der Waals surface area contributed by atoms with Gasteiger partial charge in [-0.3, -0.25) is 9.69 Å². The number of carbonyl (C=O) groups is 1. The minimum Gasteiger partial charge on any atom is -0.483 e. The summed E-state index contributed by atoms with van der Waals surface area (Å²) in [5.74, 6) is -1.06. The molecule has 1 amide bonds. The number of nitrogens with zero attached hydrogens (tertiary/aromatic N) is 1. The van der Waals surface area contributed by atoms with E-state index in [-0.39, 0.29) is 18.6 Å². The zero-order valence-corrected chi connectivity index (χ0v) is 18.5. The van der Waals surface area contributed by atoms with Gasteiger partial charge in [-0.25, -0.2) is 8.78 Å². The molecule has 1 aliphatic rings. The summed E-state index contributed by atoms with van der Waals surface area (Å²) in [4.78, 5) is 14.7. The van der Waals surface area contributed by atoms with Crippen molar-refractivity contribution in [3.8, 4) is 5.75 Å². The van der Waals surface area contributed by atoms with Crippen molar-refractivity contribution in [1.82, 2.24) is 10.2 Å². The molecule has 1 fully saturated rings. The summed E-state index contributed by atoms with van der Waals surface area (Å²) in [7, 11) is 0. The maximum Gasteiger partial charge on any atom is 0.258 e. The predicted octanol–water partition coefficient (Wildman–Crippen LogP) is 4.72. The molecule has 1 saturated heterocycles. The van der Waals surface area contributed by atoms with Crippen LogP contribution in [0.25, 0.3) is 0 Å². The van der Waals surface area contributed by atoms with E-state index in [4.69, 9.17) is 4.74 Å². The van der Waals surface area contributed by atoms with Crippen molar-refractivity contribution < 1.29 is 18.3 Å². The van der Waals surface area contributed by atoms with Gasteiger partial charge in [-0.2, -0.15) is 0 Å². The van der Waals surface area contributed by atoms with Crippen LogP contribution in [0.1, 0.15) is 29.5 Å². The van der Waals surface area contributed by atoms with Crippen molar-refractivity contribution in [2.75, 3.05) is 19.7 Å². The van der Waals surface area contributed by atoms with Crippen molar-refractivity contribution >= 4 is 5.91 Å². The summed E-state index contributed by atoms with van der Waals surface area (Å²) >= 11 is 0. The SMILES string of the molecule is O=C(COc1ccccc1Cc1ccccc1)NC1CCN(Cc2ccc(F)c(F)c2)CC1. The van der Waals surface area contributed by atoms with E-state index in [1.54, 1.807) is 6.07 Å². The number of piperidine rings is 1. The Morgan fingerprint density at radius 2 is 1.64 bits per heavy atom. The highest BCUT2D eigenvalue weighted by Gasteiger charge is 2.21. The Morgan fingerprint density at radius 3 is 2.39 bits per heavy atom. The fraction of sp³-hybridized carbons (Fsp3) is 0.296. The van der Waals surface area contributed by atoms with Crippen LogP contribution in [0.2, 0.25) is 0 Å². The Labute approximate surface area is 193 Å². The number of halogens is 2. The Hall–Kier alpha value is -3.25. The number of carbonyl (C=O) groups excluding carboxylic acids is 1. The second kappa shape index (κ2) is 11.1. The lowest BCUT2D eigenvalue weighted by Crippen LogP contribution is -2.45. The lowest BCUT2D eigenvalue weighted by molar-refractivity contribution is -0.124. The molecule has 3 aromatic carbocycles. The monoisotopic (exact) mass is 450 g/mol. The van der Waals surface area contributed by atoms with Gasteiger partial charge in [0.25, 0.3) is 5.91 Å². The van der Waals surface area contributed by atoms with Gasteiger partial charge in [-0.15, -0.1) is 0 Å². The molecular weight excluding hydrogens is 422 g/mol. The van der Waals surface area contributed by atoms with Gasteiger partial charge in [-0.05, 0) is 47.7 Å². The van der Waals surface area contributed by atoms with E-state index in [1.165, 1.54) is 11.6 Å². The molecule has 0 aliphatic carbocycles. The molecule has 0 unspecified atom stereocenters. The number of likely N-dealkylation sites (tertiary alicyclic amines) is 1. The smallest absolute Gasteiger partial charge is 0.258 e. The number of para-hydroxylation sites is 1. The molecule has 1 aliphatic heterocycles. The van der Waals surface area contributed by atoms with Gasteiger partial charge >= 0.3 is 0 Å². The first-order valence-electron chi connectivity index (χ1n) is 11.3. The number of benzene rings is 3. The van der Waals surface area contributed by atoms with Crippen LogP contribution in [-0.2, 0) is 17.8 Å². The third-order valence-electron chi connectivity index (χ3n) is 5.91. The third kappa shape index (κ3) is 6.62. The van der Waals surface area contributed by atoms with Gasteiger partial charge in [-0.1, -0.05) is 54.6 Å². The summed E-state index contributed by atoms with van der Waals surface area (Å²) in [6, 6.07) is 22.0. The highest BCUT2D eigenvalue weighted by atomic mass is 19.2. The van der Waals surface area contributed by atoms with Gasteiger partial charge < -0.3 is 10.1 Å². The minimum atomic E-state index is -0.829. The van der Waals surface area contributed by atoms with E-state index in [2.05, 4.69) is 22.3 Å². The molecule has 0 radical (unpaired) electrons. The molecule has 0 saturated carbocycles. The molecule has 4 rings (SSSR count). The fourth-order valence-corrected chi connectivity index (χ4v) is 4.15. The average molecular weight is 451 g/mol. The van der Waals surface area contributed by atoms with Crippen LogP contribution in [0.3, 0.4) is 0 Å². The molecule has 172 valence electrons. The first kappa shape index (κ1) is 22.9. The lowest BCUT2D eigenvalue weighted by atomic mass is 10.0. The van der Waals surface area contributed by atoms with Crippen LogP contribution in [0, 0.1) is 11.6 Å². The molecular formula is C27H28F2N2O2. The first-order valence-corrected chi connectivity index (χ1v) is 11.3. The molecule has 0 aromatic heterocycles. The number of nitrogens with one attached hydrogen (secondary N) is 1. The Bertz CT molecular complexity index is 1070. The van der Waals surface area contributed by atoms with Crippen LogP contribution >= 0.6 is 0 Å². The van der Waals surface area contributed by atoms with Crippen molar-refractivity contribution in [2.45, 2.75) is 31.8 Å². The molecule has 6 heteroatoms. The normalized spacial score (nSPS) is 14.7. The largest absolute Gasteiger partial charge is 0.483 e. The maximum absolute atomic E-state index is 13.4. The van der Waals surface area contributed by atoms with Crippen LogP contribution < -0.4 is 10.1 Å². The van der Waals surface area contributed by atoms with Gasteiger partial charge in [0.2, 0.25) is 0 Å². The number of amides is 1. The average Bonchev–Trinajstić information content (AvgIpc) is 2.83. The van der Waals surface area contributed by atoms with Crippen LogP contribution in [-0.4, -0.2) is 36.5 Å². The van der Waals surface area contributed by atoms with E-state index >= 15 is 0 Å². The zero-order valence-electron chi connectivity index (χ0n) is 18.5. The van der Waals surface area contributed by atoms with Gasteiger partial charge in [0.05, 0.1) is 0 Å². The van der Waals surface area contributed by atoms with Crippen molar-refractivity contribution in [2.24, 2.45) is 0 Å². The highest BCUT2D eigenvalue weighted by Crippen LogP contribution is 2.21. The second-order valence-electron chi connectivity index (χ2n) is 8.43. The molecule has 33 heavy (non-hydrogen) atoms. The molecule has 3 aromatic rings. The summed E-state index contributed by atoms with van der Waals surface area (Å²) in [5.41, 5.74) is 2.98. The van der Waals surface area contributed by atoms with E-state index in [9.17, 15) is 13.6 Å². The standard InChI is InChI=1S/C27H28F2N2O2/c28-24-11-10-21(17-25(24)29)18-31-14-12-23(13-15-31)30-27(32)19-33-26-9-5-4-8-22(26)16-20-6-2-1-3-7-20/h1-11,17,23H,12-16,18-19H2,(H,30,32). The van der Waals surface area contributed by atoms with Crippen LogP contribution in [0.5, 0.6) is 5.75 Å². The molecule has 1 heterocycles. The quantitative estimate of drug-likeness (QED) is 0.540. The summed E-state index contributed by atoms with van der Waals surface area (Å²) < 4.78 is 32.4. The summed E-state index contributed by atoms with van der Waals surface area (Å²) in [6.07, 6.45) is 2.36. The highest BCUT2D eigenvalue weighted by molar-refractivity contribution is 5.77. The minimum absolute atomic E-state index is 0.0269. The van der Waals surface area contributed by atoms with Crippen molar-refractivity contribution in [3.05, 3.63) is 101 Å². The van der Waals surface area contributed by atoms with Crippen molar-refractivity contribution in [3.63, 3.8) is 0 Å². The van der Waals surface area contributed by atoms with E-state index in [0.29, 0.717) is 6.54 Å². The summed E-state index contributed by atoms with van der Waals surface area (Å²) in [5, 5.41) is 3.06. The number of hydrogen-bond donors (Lipinski definition) is 1. The fourth-order valence-electron chi connectivity index (χ4n) is 4.15. The molecule has 0 bridgehead atoms. The summed E-state index contributed by atoms with van der Waals surface area (Å²) in [6.45, 7) is 2.11. The van der Waals surface area contributed by atoms with E-state index in [1.807, 2.05) is 42.5 Å². The van der Waals surface area contributed by atoms with Crippen molar-refractivity contribution in [1.29, 1.82) is 0 Å². The number of rotatable bonds is 8. The first-order chi connectivity index (χ1) is 16.1. The zero-order chi connectivity index (χ0) is 23.0. The lowest BCUT2D eigenvalue weighted by Gasteiger charge is -2.32. The van der Waals surface area contributed by atoms with Gasteiger partial charge in [0.1, 0.15) is 5.75 Å². The van der Waals surface area contributed by atoms with Gasteiger partial charge in [0, 0.05) is 32.1 Å². The predicted molar refractivity (Wildman–Crippen MR) is 124 cm³/mol. The molecule has 0 spiro atoms.